The van der Waals surface area contributed by atoms with E-state index in [1.165, 1.54) is 13.3 Å². The Bertz CT molecular complexity index is 1460. The number of rotatable bonds is 12. The van der Waals surface area contributed by atoms with Crippen molar-refractivity contribution in [1.29, 1.82) is 0 Å². The van der Waals surface area contributed by atoms with E-state index < -0.39 is 0 Å². The Kier molecular flexibility index (Phi) is 10.0. The number of nitrogens with zero attached hydrogens (tertiary/aromatic N) is 1. The minimum absolute atomic E-state index is 0.231. The normalized spacial score (nSPS) is 10.8. The van der Waals surface area contributed by atoms with E-state index in [2.05, 4.69) is 10.5 Å². The lowest BCUT2D eigenvalue weighted by atomic mass is 10.1. The van der Waals surface area contributed by atoms with Crippen molar-refractivity contribution in [2.24, 2.45) is 5.10 Å². The van der Waals surface area contributed by atoms with Crippen molar-refractivity contribution >= 4 is 23.7 Å². The minimum Gasteiger partial charge on any atom is -0.493 e. The number of methoxy groups -OCH3 is 1. The van der Waals surface area contributed by atoms with Crippen LogP contribution in [0.25, 0.3) is 0 Å². The van der Waals surface area contributed by atoms with Crippen molar-refractivity contribution in [1.82, 2.24) is 5.43 Å². The van der Waals surface area contributed by atoms with Crippen LogP contribution in [0.15, 0.2) is 90.0 Å². The molecule has 206 valence electrons. The van der Waals surface area contributed by atoms with Crippen molar-refractivity contribution in [3.05, 3.63) is 118 Å². The minimum atomic E-state index is -0.308. The van der Waals surface area contributed by atoms with Gasteiger partial charge in [-0.25, -0.2) is 5.43 Å². The first kappa shape index (κ1) is 28.5. The van der Waals surface area contributed by atoms with Gasteiger partial charge in [0, 0.05) is 5.56 Å². The third-order valence-electron chi connectivity index (χ3n) is 5.87. The summed E-state index contributed by atoms with van der Waals surface area (Å²) < 4.78 is 23.4. The number of amides is 1. The molecule has 0 aliphatic rings. The Balaban J connectivity index is 1.41. The second-order valence-electron chi connectivity index (χ2n) is 8.88. The van der Waals surface area contributed by atoms with Gasteiger partial charge in [0.25, 0.3) is 5.91 Å². The van der Waals surface area contributed by atoms with Crippen LogP contribution >= 0.6 is 11.6 Å². The molecule has 40 heavy (non-hydrogen) atoms. The first-order valence-electron chi connectivity index (χ1n) is 12.8. The number of carbonyl (C=O) groups excluding carboxylic acids is 1. The van der Waals surface area contributed by atoms with Gasteiger partial charge in [-0.2, -0.15) is 5.10 Å². The van der Waals surface area contributed by atoms with Crippen molar-refractivity contribution in [2.45, 2.75) is 27.1 Å². The van der Waals surface area contributed by atoms with Crippen molar-refractivity contribution in [3.63, 3.8) is 0 Å². The van der Waals surface area contributed by atoms with Crippen LogP contribution in [-0.4, -0.2) is 25.8 Å². The van der Waals surface area contributed by atoms with Crippen LogP contribution in [-0.2, 0) is 13.2 Å². The predicted molar refractivity (Wildman–Crippen MR) is 157 cm³/mol. The van der Waals surface area contributed by atoms with Crippen molar-refractivity contribution < 1.29 is 23.7 Å². The molecule has 0 aliphatic carbocycles. The molecule has 0 saturated carbocycles. The summed E-state index contributed by atoms with van der Waals surface area (Å²) >= 11 is 6.54. The summed E-state index contributed by atoms with van der Waals surface area (Å²) in [5.41, 5.74) is 6.69. The molecule has 1 amide bonds. The molecule has 8 heteroatoms. The number of hydrazone groups is 1. The SMILES string of the molecule is CCOc1cc(COc2c(Cl)cc(/C=N/NC(=O)c3ccc(C)cc3)cc2OC)ccc1OCc1ccccc1. The summed E-state index contributed by atoms with van der Waals surface area (Å²) in [4.78, 5) is 12.3. The number of carbonyl (C=O) groups is 1. The molecular weight excluding hydrogens is 528 g/mol. The van der Waals surface area contributed by atoms with Gasteiger partial charge in [-0.1, -0.05) is 65.7 Å². The van der Waals surface area contributed by atoms with E-state index in [1.54, 1.807) is 24.3 Å². The van der Waals surface area contributed by atoms with Gasteiger partial charge in [0.1, 0.15) is 13.2 Å². The third-order valence-corrected chi connectivity index (χ3v) is 6.15. The van der Waals surface area contributed by atoms with Gasteiger partial charge in [0.15, 0.2) is 23.0 Å². The highest BCUT2D eigenvalue weighted by atomic mass is 35.5. The Morgan fingerprint density at radius 3 is 2.33 bits per heavy atom. The number of hydrogen-bond acceptors (Lipinski definition) is 6. The number of hydrogen-bond donors (Lipinski definition) is 1. The maximum absolute atomic E-state index is 12.3. The topological polar surface area (TPSA) is 78.4 Å². The third kappa shape index (κ3) is 7.77. The number of nitrogens with one attached hydrogen (secondary N) is 1. The Morgan fingerprint density at radius 2 is 1.60 bits per heavy atom. The molecule has 0 spiro atoms. The lowest BCUT2D eigenvalue weighted by molar-refractivity contribution is 0.0955. The fourth-order valence-electron chi connectivity index (χ4n) is 3.81. The maximum atomic E-state index is 12.3. The first-order valence-corrected chi connectivity index (χ1v) is 13.2. The van der Waals surface area contributed by atoms with Gasteiger partial charge in [-0.3, -0.25) is 4.79 Å². The second kappa shape index (κ2) is 14.1. The smallest absolute Gasteiger partial charge is 0.271 e. The molecule has 7 nitrogen and oxygen atoms in total. The zero-order valence-corrected chi connectivity index (χ0v) is 23.4. The molecule has 0 unspecified atom stereocenters. The lowest BCUT2D eigenvalue weighted by Crippen LogP contribution is -2.17. The van der Waals surface area contributed by atoms with Crippen LogP contribution in [0.5, 0.6) is 23.0 Å². The largest absolute Gasteiger partial charge is 0.493 e. The number of ether oxygens (including phenoxy) is 4. The first-order chi connectivity index (χ1) is 19.5. The van der Waals surface area contributed by atoms with E-state index in [1.807, 2.05) is 74.5 Å². The van der Waals surface area contributed by atoms with E-state index in [9.17, 15) is 4.79 Å². The quantitative estimate of drug-likeness (QED) is 0.150. The molecule has 0 fully saturated rings. The average molecular weight is 559 g/mol. The highest BCUT2D eigenvalue weighted by Crippen LogP contribution is 2.37. The molecule has 0 heterocycles. The summed E-state index contributed by atoms with van der Waals surface area (Å²) in [6, 6.07) is 26.3. The van der Waals surface area contributed by atoms with E-state index in [4.69, 9.17) is 30.5 Å². The zero-order chi connectivity index (χ0) is 28.3. The van der Waals surface area contributed by atoms with Gasteiger partial charge < -0.3 is 18.9 Å². The molecule has 0 aliphatic heterocycles. The van der Waals surface area contributed by atoms with Crippen LogP contribution in [0.4, 0.5) is 0 Å². The number of halogens is 1. The monoisotopic (exact) mass is 558 g/mol. The molecule has 4 aromatic carbocycles. The van der Waals surface area contributed by atoms with Gasteiger partial charge in [-0.05, 0) is 66.9 Å². The fraction of sp³-hybridized carbons (Fsp3) is 0.188. The summed E-state index contributed by atoms with van der Waals surface area (Å²) in [6.45, 7) is 5.05. The van der Waals surface area contributed by atoms with Crippen LogP contribution in [0.1, 0.15) is 39.5 Å². The number of aryl methyl sites for hydroxylation is 1. The molecule has 0 radical (unpaired) electrons. The van der Waals surface area contributed by atoms with Crippen molar-refractivity contribution in [2.75, 3.05) is 13.7 Å². The van der Waals surface area contributed by atoms with Gasteiger partial charge in [0.2, 0.25) is 0 Å². The zero-order valence-electron chi connectivity index (χ0n) is 22.6. The van der Waals surface area contributed by atoms with E-state index in [0.717, 1.165) is 16.7 Å². The molecule has 4 rings (SSSR count). The Labute approximate surface area is 239 Å². The van der Waals surface area contributed by atoms with Gasteiger partial charge in [-0.15, -0.1) is 0 Å². The lowest BCUT2D eigenvalue weighted by Gasteiger charge is -2.16. The van der Waals surface area contributed by atoms with Crippen LogP contribution in [0.3, 0.4) is 0 Å². The van der Waals surface area contributed by atoms with Gasteiger partial charge in [0.05, 0.1) is 25.0 Å². The summed E-state index contributed by atoms with van der Waals surface area (Å²) in [6.07, 6.45) is 1.49. The standard InChI is InChI=1S/C32H31ClN2O5/c1-4-38-29-17-24(12-15-28(29)39-20-23-8-6-5-7-9-23)21-40-31-27(33)16-25(18-30(31)37-3)19-34-35-32(36)26-13-10-22(2)11-14-26/h5-19H,4,20-21H2,1-3H3,(H,35,36)/b34-19+. The average Bonchev–Trinajstić information content (AvgIpc) is 2.97. The number of benzene rings is 4. The Hall–Kier alpha value is -4.49. The van der Waals surface area contributed by atoms with Crippen LogP contribution < -0.4 is 24.4 Å². The molecule has 0 atom stereocenters. The Morgan fingerprint density at radius 1 is 0.850 bits per heavy atom. The van der Waals surface area contributed by atoms with E-state index in [0.29, 0.717) is 52.4 Å². The molecular formula is C32H31ClN2O5. The van der Waals surface area contributed by atoms with Gasteiger partial charge >= 0.3 is 0 Å². The summed E-state index contributed by atoms with van der Waals surface area (Å²) in [5.74, 6) is 1.82. The highest BCUT2D eigenvalue weighted by molar-refractivity contribution is 6.32. The van der Waals surface area contributed by atoms with Crippen molar-refractivity contribution in [3.8, 4) is 23.0 Å². The van der Waals surface area contributed by atoms with E-state index in [-0.39, 0.29) is 12.5 Å². The fourth-order valence-corrected chi connectivity index (χ4v) is 4.08. The second-order valence-corrected chi connectivity index (χ2v) is 9.28. The van der Waals surface area contributed by atoms with Crippen LogP contribution in [0.2, 0.25) is 5.02 Å². The van der Waals surface area contributed by atoms with E-state index >= 15 is 0 Å². The molecule has 1 N–H and O–H groups in total. The highest BCUT2D eigenvalue weighted by Gasteiger charge is 2.14. The molecule has 0 bridgehead atoms. The molecule has 0 aromatic heterocycles. The summed E-state index contributed by atoms with van der Waals surface area (Å²) in [7, 11) is 1.53. The summed E-state index contributed by atoms with van der Waals surface area (Å²) in [5, 5.41) is 4.39. The molecule has 4 aromatic rings. The predicted octanol–water partition coefficient (Wildman–Crippen LogP) is 6.98. The maximum Gasteiger partial charge on any atom is 0.271 e. The van der Waals surface area contributed by atoms with Crippen LogP contribution in [0, 0.1) is 6.92 Å². The molecule has 0 saturated heterocycles.